The van der Waals surface area contributed by atoms with E-state index in [1.807, 2.05) is 32.9 Å². The first-order chi connectivity index (χ1) is 16.2. The number of methoxy groups -OCH3 is 1. The lowest BCUT2D eigenvalue weighted by Gasteiger charge is -2.35. The van der Waals surface area contributed by atoms with Crippen LogP contribution in [0.25, 0.3) is 0 Å². The smallest absolute Gasteiger partial charge is 0.336 e. The number of hydrogen-bond acceptors (Lipinski definition) is 5. The van der Waals surface area contributed by atoms with Gasteiger partial charge < -0.3 is 14.8 Å². The first-order valence-electron chi connectivity index (χ1n) is 11.2. The zero-order chi connectivity index (χ0) is 24.6. The highest BCUT2D eigenvalue weighted by Crippen LogP contribution is 2.44. The summed E-state index contributed by atoms with van der Waals surface area (Å²) in [4.78, 5) is 25.9. The molecule has 2 aromatic rings. The molecular formula is C27H27ClFNO4. The fraction of sp³-hybridized carbons (Fsp3) is 0.333. The maximum absolute atomic E-state index is 13.4. The van der Waals surface area contributed by atoms with Crippen LogP contribution in [0.15, 0.2) is 52.9 Å². The molecule has 5 nitrogen and oxygen atoms in total. The highest BCUT2D eigenvalue weighted by atomic mass is 35.5. The van der Waals surface area contributed by atoms with Crippen LogP contribution in [0.2, 0.25) is 5.02 Å². The normalized spacial score (nSPS) is 17.9. The number of rotatable bonds is 5. The Labute approximate surface area is 203 Å². The number of esters is 1. The molecule has 0 radical (unpaired) electrons. The average Bonchev–Trinajstić information content (AvgIpc) is 2.78. The lowest BCUT2D eigenvalue weighted by atomic mass is 9.73. The summed E-state index contributed by atoms with van der Waals surface area (Å²) in [5.41, 5.74) is 6.36. The van der Waals surface area contributed by atoms with Gasteiger partial charge >= 0.3 is 5.97 Å². The van der Waals surface area contributed by atoms with Crippen LogP contribution in [0.1, 0.15) is 54.4 Å². The molecule has 2 aromatic carbocycles. The number of hydrogen-bond donors (Lipinski definition) is 1. The number of ketones is 1. The van der Waals surface area contributed by atoms with Crippen LogP contribution in [-0.4, -0.2) is 18.9 Å². The standard InChI is InChI=1S/C27H27ClFNO4/c1-14-10-15(2)19(11-17(14)13-34-23-9-8-18(29)12-20(23)28)25-24(27(32)33-4)16(3)30-21-6-5-7-22(31)26(21)25/h8-12,25,30H,5-7,13H2,1-4H3/t25-/m0/s1. The number of carbonyl (C=O) groups excluding carboxylic acids is 2. The second-order valence-electron chi connectivity index (χ2n) is 8.76. The zero-order valence-electron chi connectivity index (χ0n) is 19.7. The van der Waals surface area contributed by atoms with E-state index < -0.39 is 17.7 Å². The predicted octanol–water partition coefficient (Wildman–Crippen LogP) is 5.82. The summed E-state index contributed by atoms with van der Waals surface area (Å²) in [7, 11) is 1.35. The summed E-state index contributed by atoms with van der Waals surface area (Å²) in [5, 5.41) is 3.48. The molecule has 34 heavy (non-hydrogen) atoms. The van der Waals surface area contributed by atoms with E-state index in [1.165, 1.54) is 25.3 Å². The SMILES string of the molecule is COC(=O)C1=C(C)NC2=C(C(=O)CCC2)[C@H]1c1cc(COc2ccc(F)cc2Cl)c(C)cc1C. The van der Waals surface area contributed by atoms with Gasteiger partial charge in [-0.3, -0.25) is 4.79 Å². The van der Waals surface area contributed by atoms with E-state index in [0.29, 0.717) is 29.0 Å². The number of aryl methyl sites for hydroxylation is 2. The summed E-state index contributed by atoms with van der Waals surface area (Å²) in [6.45, 7) is 5.99. The molecule has 4 rings (SSSR count). The highest BCUT2D eigenvalue weighted by molar-refractivity contribution is 6.32. The van der Waals surface area contributed by atoms with Crippen LogP contribution in [0.5, 0.6) is 5.75 Å². The molecule has 0 bridgehead atoms. The van der Waals surface area contributed by atoms with E-state index >= 15 is 0 Å². The molecule has 0 saturated carbocycles. The summed E-state index contributed by atoms with van der Waals surface area (Å²) in [6, 6.07) is 8.01. The lowest BCUT2D eigenvalue weighted by molar-refractivity contribution is -0.136. The first kappa shape index (κ1) is 24.0. The van der Waals surface area contributed by atoms with Crippen molar-refractivity contribution < 1.29 is 23.5 Å². The van der Waals surface area contributed by atoms with Crippen molar-refractivity contribution in [3.8, 4) is 5.75 Å². The number of ether oxygens (including phenoxy) is 2. The predicted molar refractivity (Wildman–Crippen MR) is 128 cm³/mol. The van der Waals surface area contributed by atoms with Gasteiger partial charge in [0.1, 0.15) is 18.2 Å². The fourth-order valence-electron chi connectivity index (χ4n) is 4.81. The quantitative estimate of drug-likeness (QED) is 0.543. The molecule has 178 valence electrons. The van der Waals surface area contributed by atoms with Gasteiger partial charge in [0.25, 0.3) is 0 Å². The molecule has 2 aliphatic rings. The van der Waals surface area contributed by atoms with Gasteiger partial charge in [-0.1, -0.05) is 23.7 Å². The summed E-state index contributed by atoms with van der Waals surface area (Å²) in [5.74, 6) is -0.995. The van der Waals surface area contributed by atoms with Crippen molar-refractivity contribution in [1.82, 2.24) is 5.32 Å². The Morgan fingerprint density at radius 1 is 1.15 bits per heavy atom. The van der Waals surface area contributed by atoms with Gasteiger partial charge in [-0.2, -0.15) is 0 Å². The molecule has 0 amide bonds. The molecular weight excluding hydrogens is 457 g/mol. The number of Topliss-reactive ketones (excluding diaryl/α,β-unsaturated/α-hetero) is 1. The Morgan fingerprint density at radius 3 is 2.62 bits per heavy atom. The number of halogens is 2. The minimum atomic E-state index is -0.523. The molecule has 0 aromatic heterocycles. The molecule has 1 aliphatic heterocycles. The third kappa shape index (κ3) is 4.47. The van der Waals surface area contributed by atoms with Crippen LogP contribution in [0.4, 0.5) is 4.39 Å². The Bertz CT molecular complexity index is 1250. The van der Waals surface area contributed by atoms with E-state index in [9.17, 15) is 14.0 Å². The zero-order valence-corrected chi connectivity index (χ0v) is 20.4. The number of nitrogens with one attached hydrogen (secondary N) is 1. The first-order valence-corrected chi connectivity index (χ1v) is 11.6. The molecule has 1 aliphatic carbocycles. The topological polar surface area (TPSA) is 64.6 Å². The molecule has 0 unspecified atom stereocenters. The Kier molecular flexibility index (Phi) is 6.80. The number of dihydropyridines is 1. The molecule has 0 spiro atoms. The third-order valence-corrected chi connectivity index (χ3v) is 6.79. The molecule has 1 atom stereocenters. The third-order valence-electron chi connectivity index (χ3n) is 6.49. The van der Waals surface area contributed by atoms with Gasteiger partial charge in [-0.05, 0) is 74.1 Å². The van der Waals surface area contributed by atoms with Crippen LogP contribution in [0.3, 0.4) is 0 Å². The number of allylic oxidation sites excluding steroid dienone is 3. The average molecular weight is 484 g/mol. The second-order valence-corrected chi connectivity index (χ2v) is 9.16. The summed E-state index contributed by atoms with van der Waals surface area (Å²) in [6.07, 6.45) is 1.99. The van der Waals surface area contributed by atoms with E-state index in [-0.39, 0.29) is 17.4 Å². The molecule has 1 N–H and O–H groups in total. The van der Waals surface area contributed by atoms with E-state index in [1.54, 1.807) is 0 Å². The van der Waals surface area contributed by atoms with Crippen LogP contribution >= 0.6 is 11.6 Å². The van der Waals surface area contributed by atoms with Crippen molar-refractivity contribution in [2.24, 2.45) is 0 Å². The van der Waals surface area contributed by atoms with Gasteiger partial charge in [0.15, 0.2) is 5.78 Å². The van der Waals surface area contributed by atoms with Gasteiger partial charge in [-0.25, -0.2) is 9.18 Å². The van der Waals surface area contributed by atoms with Crippen LogP contribution in [0, 0.1) is 19.7 Å². The fourth-order valence-corrected chi connectivity index (χ4v) is 5.03. The number of benzene rings is 2. The molecule has 7 heteroatoms. The maximum atomic E-state index is 13.4. The van der Waals surface area contributed by atoms with Crippen molar-refractivity contribution in [2.75, 3.05) is 7.11 Å². The van der Waals surface area contributed by atoms with Crippen molar-refractivity contribution in [1.29, 1.82) is 0 Å². The summed E-state index contributed by atoms with van der Waals surface area (Å²) < 4.78 is 24.4. The second kappa shape index (κ2) is 9.63. The van der Waals surface area contributed by atoms with E-state index in [2.05, 4.69) is 5.32 Å². The Balaban J connectivity index is 1.79. The highest BCUT2D eigenvalue weighted by Gasteiger charge is 2.39. The van der Waals surface area contributed by atoms with E-state index in [0.717, 1.165) is 40.8 Å². The van der Waals surface area contributed by atoms with Crippen molar-refractivity contribution in [3.63, 3.8) is 0 Å². The lowest BCUT2D eigenvalue weighted by Crippen LogP contribution is -2.34. The molecule has 1 heterocycles. The Morgan fingerprint density at radius 2 is 1.91 bits per heavy atom. The van der Waals surface area contributed by atoms with Gasteiger partial charge in [0, 0.05) is 29.3 Å². The molecule has 0 saturated heterocycles. The van der Waals surface area contributed by atoms with Crippen LogP contribution < -0.4 is 10.1 Å². The minimum absolute atomic E-state index is 0.0449. The van der Waals surface area contributed by atoms with Crippen molar-refractivity contribution in [3.05, 3.63) is 86.0 Å². The van der Waals surface area contributed by atoms with Crippen LogP contribution in [-0.2, 0) is 20.9 Å². The maximum Gasteiger partial charge on any atom is 0.336 e. The monoisotopic (exact) mass is 483 g/mol. The van der Waals surface area contributed by atoms with Gasteiger partial charge in [0.2, 0.25) is 0 Å². The van der Waals surface area contributed by atoms with Crippen molar-refractivity contribution in [2.45, 2.75) is 52.6 Å². The largest absolute Gasteiger partial charge is 0.487 e. The minimum Gasteiger partial charge on any atom is -0.487 e. The van der Waals surface area contributed by atoms with Crippen molar-refractivity contribution >= 4 is 23.4 Å². The number of carbonyl (C=O) groups is 2. The molecule has 0 fully saturated rings. The van der Waals surface area contributed by atoms with Gasteiger partial charge in [-0.15, -0.1) is 0 Å². The summed E-state index contributed by atoms with van der Waals surface area (Å²) >= 11 is 6.12. The Hall–Kier alpha value is -3.12. The van der Waals surface area contributed by atoms with Gasteiger partial charge in [0.05, 0.1) is 17.7 Å². The van der Waals surface area contributed by atoms with E-state index in [4.69, 9.17) is 21.1 Å².